The molecular weight excluding hydrogens is 210 g/mol. The first-order valence-corrected chi connectivity index (χ1v) is 4.99. The first kappa shape index (κ1) is 4.40. The lowest BCUT2D eigenvalue weighted by molar-refractivity contribution is -0.00978. The Morgan fingerprint density at radius 2 is 1.94 bits per heavy atom. The van der Waals surface area contributed by atoms with Gasteiger partial charge in [-0.25, -0.2) is 6.57 Å². The average Bonchev–Trinajstić information content (AvgIpc) is 2.58. The molecule has 2 nitrogen and oxygen atoms in total. The molecule has 0 bridgehead atoms. The van der Waals surface area contributed by atoms with Gasteiger partial charge < -0.3 is 9.95 Å². The molecule has 0 radical (unpaired) electrons. The molecule has 17 heavy (non-hydrogen) atoms. The van der Waals surface area contributed by atoms with Crippen LogP contribution >= 0.6 is 0 Å². The average molecular weight is 240 g/mol. The quantitative estimate of drug-likeness (QED) is 0.784. The number of aliphatic hydroxyl groups is 1. The standard InChI is InChI=1S/C15H19NO/c1-12-6-8-13(9-7-12)14(16-2)15(17)10-4-3-5-11-15/h6-9,14,17H,3-5,10-11H2,1H3/i3D2,4D2,5D2,10D2,11D2,14D. The topological polar surface area (TPSA) is 24.6 Å². The molecular formula is C15H19NO. The van der Waals surface area contributed by atoms with Gasteiger partial charge in [0.2, 0.25) is 0 Å². The molecule has 1 N–H and O–H groups in total. The molecule has 2 heteroatoms. The maximum atomic E-state index is 11.3. The lowest BCUT2D eigenvalue weighted by Crippen LogP contribution is -2.36. The number of aryl methyl sites for hydroxylation is 1. The van der Waals surface area contributed by atoms with Crippen LogP contribution in [0.25, 0.3) is 4.85 Å². The van der Waals surface area contributed by atoms with Crippen LogP contribution < -0.4 is 0 Å². The Kier molecular flexibility index (Phi) is 1.27. The zero-order valence-corrected chi connectivity index (χ0v) is 9.20. The van der Waals surface area contributed by atoms with Crippen molar-refractivity contribution < 1.29 is 20.2 Å². The van der Waals surface area contributed by atoms with Crippen LogP contribution in [-0.4, -0.2) is 10.7 Å². The van der Waals surface area contributed by atoms with Gasteiger partial charge in [-0.15, -0.1) is 0 Å². The second-order valence-corrected chi connectivity index (χ2v) is 3.66. The highest BCUT2D eigenvalue weighted by Gasteiger charge is 2.43. The zero-order valence-electron chi connectivity index (χ0n) is 20.2. The van der Waals surface area contributed by atoms with E-state index < -0.39 is 43.5 Å². The van der Waals surface area contributed by atoms with Gasteiger partial charge >= 0.3 is 0 Å². The van der Waals surface area contributed by atoms with Crippen LogP contribution in [0.4, 0.5) is 0 Å². The molecule has 0 amide bonds. The van der Waals surface area contributed by atoms with Crippen molar-refractivity contribution in [3.8, 4) is 0 Å². The minimum absolute atomic E-state index is 0.377. The fourth-order valence-electron chi connectivity index (χ4n) is 1.49. The van der Waals surface area contributed by atoms with Crippen molar-refractivity contribution in [2.75, 3.05) is 0 Å². The first-order chi connectivity index (χ1) is 12.3. The maximum Gasteiger partial charge on any atom is 0.276 e. The molecule has 1 atom stereocenters. The molecule has 0 aromatic heterocycles. The van der Waals surface area contributed by atoms with E-state index in [1.807, 2.05) is 0 Å². The van der Waals surface area contributed by atoms with Crippen molar-refractivity contribution in [2.45, 2.75) is 50.4 Å². The lowest BCUT2D eigenvalue weighted by atomic mass is 9.77. The van der Waals surface area contributed by atoms with E-state index in [2.05, 4.69) is 4.85 Å². The highest BCUT2D eigenvalue weighted by molar-refractivity contribution is 5.28. The maximum absolute atomic E-state index is 11.3. The Hall–Kier alpha value is -1.33. The Bertz CT molecular complexity index is 797. The Morgan fingerprint density at radius 3 is 2.47 bits per heavy atom. The number of benzene rings is 1. The molecule has 1 fully saturated rings. The normalized spacial score (nSPS) is 46.8. The van der Waals surface area contributed by atoms with Crippen molar-refractivity contribution in [1.29, 1.82) is 0 Å². The van der Waals surface area contributed by atoms with Crippen LogP contribution in [0.2, 0.25) is 0 Å². The highest BCUT2D eigenvalue weighted by Crippen LogP contribution is 2.40. The Balaban J connectivity index is 3.00. The summed E-state index contributed by atoms with van der Waals surface area (Å²) in [5.41, 5.74) is -3.61. The molecule has 90 valence electrons. The van der Waals surface area contributed by atoms with E-state index in [0.717, 1.165) is 0 Å². The van der Waals surface area contributed by atoms with Crippen molar-refractivity contribution in [3.05, 3.63) is 46.8 Å². The second-order valence-electron chi connectivity index (χ2n) is 3.66. The predicted octanol–water partition coefficient (Wildman–Crippen LogP) is 3.65. The van der Waals surface area contributed by atoms with Crippen LogP contribution in [-0.2, 0) is 0 Å². The Morgan fingerprint density at radius 1 is 1.35 bits per heavy atom. The molecule has 1 aromatic rings. The van der Waals surface area contributed by atoms with Crippen molar-refractivity contribution in [1.82, 2.24) is 0 Å². The van der Waals surface area contributed by atoms with Gasteiger partial charge in [0.15, 0.2) is 0 Å². The summed E-state index contributed by atoms with van der Waals surface area (Å²) in [5, 5.41) is 11.3. The van der Waals surface area contributed by atoms with Crippen LogP contribution in [0.5, 0.6) is 0 Å². The van der Waals surface area contributed by atoms with Gasteiger partial charge in [0.05, 0.1) is 0 Å². The Labute approximate surface area is 119 Å². The summed E-state index contributed by atoms with van der Waals surface area (Å²) in [4.78, 5) is 2.92. The SMILES string of the molecule is [2H]C([N+]#[C-])(c1ccc(C)cc1)C1(O)C([2H])([2H])C([2H])([2H])C([2H])([2H])C([2H])([2H])C1([2H])[2H]. The van der Waals surface area contributed by atoms with Gasteiger partial charge in [0.1, 0.15) is 6.97 Å². The summed E-state index contributed by atoms with van der Waals surface area (Å²) in [6, 6.07) is 1.95. The molecule has 1 aliphatic carbocycles. The number of nitrogens with zero attached hydrogens (tertiary/aromatic N) is 1. The van der Waals surface area contributed by atoms with Gasteiger partial charge in [-0.05, 0) is 19.7 Å². The molecule has 1 aromatic carbocycles. The molecule has 1 unspecified atom stereocenters. The van der Waals surface area contributed by atoms with Crippen LogP contribution in [0.1, 0.15) is 64.1 Å². The largest absolute Gasteiger partial charge is 0.381 e. The van der Waals surface area contributed by atoms with Crippen LogP contribution in [0.3, 0.4) is 0 Å². The molecule has 0 heterocycles. The summed E-state index contributed by atoms with van der Waals surface area (Å²) in [6.45, 7) is 9.10. The van der Waals surface area contributed by atoms with E-state index in [0.29, 0.717) is 5.56 Å². The molecule has 1 saturated carbocycles. The van der Waals surface area contributed by atoms with Crippen LogP contribution in [0, 0.1) is 13.5 Å². The summed E-state index contributed by atoms with van der Waals surface area (Å²) >= 11 is 0. The third kappa shape index (κ3) is 2.50. The summed E-state index contributed by atoms with van der Waals surface area (Å²) in [6.07, 6.45) is -19.0. The van der Waals surface area contributed by atoms with Gasteiger partial charge in [0.25, 0.3) is 6.02 Å². The molecule has 2 rings (SSSR count). The highest BCUT2D eigenvalue weighted by atomic mass is 16.3. The van der Waals surface area contributed by atoms with E-state index in [-0.39, 0.29) is 5.56 Å². The van der Waals surface area contributed by atoms with Crippen molar-refractivity contribution in [3.63, 3.8) is 0 Å². The molecule has 0 spiro atoms. The summed E-state index contributed by atoms with van der Waals surface area (Å²) in [5.74, 6) is 0. The van der Waals surface area contributed by atoms with Gasteiger partial charge in [-0.3, -0.25) is 0 Å². The van der Waals surface area contributed by atoms with E-state index >= 15 is 0 Å². The fraction of sp³-hybridized carbons (Fsp3) is 0.533. The third-order valence-corrected chi connectivity index (χ3v) is 2.39. The molecule has 0 aliphatic heterocycles. The van der Waals surface area contributed by atoms with E-state index in [9.17, 15) is 5.11 Å². The summed E-state index contributed by atoms with van der Waals surface area (Å²) in [7, 11) is 0. The summed E-state index contributed by atoms with van der Waals surface area (Å²) < 4.78 is 88.5. The predicted molar refractivity (Wildman–Crippen MR) is 68.6 cm³/mol. The smallest absolute Gasteiger partial charge is 0.276 e. The van der Waals surface area contributed by atoms with E-state index in [1.54, 1.807) is 6.92 Å². The minimum atomic E-state index is -3.91. The van der Waals surface area contributed by atoms with Crippen LogP contribution in [0.15, 0.2) is 24.3 Å². The number of rotatable bonds is 2. The van der Waals surface area contributed by atoms with Crippen molar-refractivity contribution in [2.24, 2.45) is 0 Å². The van der Waals surface area contributed by atoms with Gasteiger partial charge in [-0.1, -0.05) is 48.9 Å². The second kappa shape index (κ2) is 4.89. The van der Waals surface area contributed by atoms with Gasteiger partial charge in [0, 0.05) is 19.3 Å². The lowest BCUT2D eigenvalue weighted by Gasteiger charge is -2.32. The van der Waals surface area contributed by atoms with E-state index in [1.165, 1.54) is 24.3 Å². The number of hydrogen-bond donors (Lipinski definition) is 1. The third-order valence-electron chi connectivity index (χ3n) is 2.39. The zero-order chi connectivity index (χ0) is 22.2. The van der Waals surface area contributed by atoms with Crippen molar-refractivity contribution >= 4 is 0 Å². The molecule has 1 aliphatic rings. The first-order valence-electron chi connectivity index (χ1n) is 10.5. The minimum Gasteiger partial charge on any atom is -0.381 e. The monoisotopic (exact) mass is 240 g/mol. The van der Waals surface area contributed by atoms with E-state index in [4.69, 9.17) is 21.7 Å². The number of hydrogen-bond acceptors (Lipinski definition) is 1. The fourth-order valence-corrected chi connectivity index (χ4v) is 1.49. The molecule has 0 saturated heterocycles. The van der Waals surface area contributed by atoms with Gasteiger partial charge in [-0.2, -0.15) is 0 Å².